The van der Waals surface area contributed by atoms with Crippen molar-refractivity contribution >= 4 is 22.8 Å². The van der Waals surface area contributed by atoms with Crippen molar-refractivity contribution in [2.24, 2.45) is 5.92 Å². The van der Waals surface area contributed by atoms with Gasteiger partial charge in [0.15, 0.2) is 5.65 Å². The second-order valence-electron chi connectivity index (χ2n) is 7.84. The Morgan fingerprint density at radius 2 is 1.86 bits per heavy atom. The van der Waals surface area contributed by atoms with Crippen molar-refractivity contribution in [2.75, 3.05) is 18.0 Å². The summed E-state index contributed by atoms with van der Waals surface area (Å²) >= 11 is 0. The number of carbonyl (C=O) groups is 1. The first-order chi connectivity index (χ1) is 13.3. The van der Waals surface area contributed by atoms with Gasteiger partial charge in [0.2, 0.25) is 0 Å². The maximum atomic E-state index is 13.7. The number of alkyl halides is 3. The van der Waals surface area contributed by atoms with Gasteiger partial charge in [-0.1, -0.05) is 12.8 Å². The fraction of sp³-hybridized carbons (Fsp3) is 0.632. The van der Waals surface area contributed by atoms with Crippen LogP contribution >= 0.6 is 0 Å². The summed E-state index contributed by atoms with van der Waals surface area (Å²) < 4.78 is 42.8. The summed E-state index contributed by atoms with van der Waals surface area (Å²) in [6.45, 7) is 0.994. The number of carboxylic acid groups (broad SMARTS) is 1. The molecule has 0 aromatic carbocycles. The Bertz CT molecular complexity index is 866. The fourth-order valence-electron chi connectivity index (χ4n) is 4.37. The predicted molar refractivity (Wildman–Crippen MR) is 97.2 cm³/mol. The third-order valence-electron chi connectivity index (χ3n) is 5.90. The average Bonchev–Trinajstić information content (AvgIpc) is 3.29. The van der Waals surface area contributed by atoms with Gasteiger partial charge in [-0.2, -0.15) is 18.3 Å². The van der Waals surface area contributed by atoms with E-state index in [0.717, 1.165) is 31.7 Å². The van der Waals surface area contributed by atoms with Crippen molar-refractivity contribution in [2.45, 2.75) is 57.2 Å². The molecule has 2 aromatic rings. The highest BCUT2D eigenvalue weighted by atomic mass is 19.4. The third kappa shape index (κ3) is 3.79. The Morgan fingerprint density at radius 1 is 1.18 bits per heavy atom. The minimum atomic E-state index is -4.49. The number of carboxylic acids is 1. The molecule has 6 nitrogen and oxygen atoms in total. The molecule has 1 aliphatic carbocycles. The Morgan fingerprint density at radius 3 is 2.46 bits per heavy atom. The van der Waals surface area contributed by atoms with E-state index >= 15 is 0 Å². The van der Waals surface area contributed by atoms with Crippen molar-refractivity contribution in [3.8, 4) is 0 Å². The summed E-state index contributed by atoms with van der Waals surface area (Å²) in [4.78, 5) is 17.1. The van der Waals surface area contributed by atoms with Crippen LogP contribution in [0.3, 0.4) is 0 Å². The molecule has 0 atom stereocenters. The minimum Gasteiger partial charge on any atom is -0.481 e. The molecule has 9 heteroatoms. The van der Waals surface area contributed by atoms with Gasteiger partial charge >= 0.3 is 12.1 Å². The van der Waals surface area contributed by atoms with E-state index in [4.69, 9.17) is 5.11 Å². The molecule has 2 aromatic heterocycles. The predicted octanol–water partition coefficient (Wildman–Crippen LogP) is 4.26. The molecule has 1 saturated heterocycles. The molecule has 1 aliphatic heterocycles. The SMILES string of the molecule is O=C(O)CC1CCN(c2cc(C(F)(F)F)c3cn(C4CCCC4)nc3n2)CC1. The number of hydrogen-bond acceptors (Lipinski definition) is 4. The number of anilines is 1. The largest absolute Gasteiger partial charge is 0.481 e. The molecule has 28 heavy (non-hydrogen) atoms. The van der Waals surface area contributed by atoms with Crippen LogP contribution in [0.4, 0.5) is 19.0 Å². The highest BCUT2D eigenvalue weighted by molar-refractivity contribution is 5.81. The van der Waals surface area contributed by atoms with Crippen molar-refractivity contribution in [3.05, 3.63) is 17.8 Å². The van der Waals surface area contributed by atoms with E-state index < -0.39 is 17.7 Å². The number of piperidine rings is 1. The van der Waals surface area contributed by atoms with Crippen LogP contribution in [-0.2, 0) is 11.0 Å². The molecule has 0 unspecified atom stereocenters. The van der Waals surface area contributed by atoms with E-state index in [-0.39, 0.29) is 35.2 Å². The van der Waals surface area contributed by atoms with Crippen molar-refractivity contribution in [1.29, 1.82) is 0 Å². The van der Waals surface area contributed by atoms with Crippen LogP contribution in [0.2, 0.25) is 0 Å². The minimum absolute atomic E-state index is 0.0453. The van der Waals surface area contributed by atoms with Crippen LogP contribution in [0.1, 0.15) is 56.6 Å². The molecule has 2 fully saturated rings. The number of hydrogen-bond donors (Lipinski definition) is 1. The lowest BCUT2D eigenvalue weighted by atomic mass is 9.93. The molecule has 1 N–H and O–H groups in total. The zero-order valence-electron chi connectivity index (χ0n) is 15.5. The molecule has 3 heterocycles. The Balaban J connectivity index is 1.64. The molecule has 2 aliphatic rings. The maximum Gasteiger partial charge on any atom is 0.417 e. The Hall–Kier alpha value is -2.32. The summed E-state index contributed by atoms with van der Waals surface area (Å²) in [6, 6.07) is 1.26. The molecule has 0 bridgehead atoms. The Labute approximate surface area is 160 Å². The zero-order valence-corrected chi connectivity index (χ0v) is 15.5. The summed E-state index contributed by atoms with van der Waals surface area (Å²) in [7, 11) is 0. The van der Waals surface area contributed by atoms with Crippen molar-refractivity contribution < 1.29 is 23.1 Å². The van der Waals surface area contributed by atoms with Gasteiger partial charge in [-0.15, -0.1) is 0 Å². The first-order valence-corrected chi connectivity index (χ1v) is 9.75. The number of halogens is 3. The maximum absolute atomic E-state index is 13.7. The molecule has 0 amide bonds. The normalized spacial score (nSPS) is 19.6. The molecule has 152 valence electrons. The second kappa shape index (κ2) is 7.25. The van der Waals surface area contributed by atoms with Crippen LogP contribution in [0.5, 0.6) is 0 Å². The zero-order chi connectivity index (χ0) is 19.9. The number of fused-ring (bicyclic) bond motifs is 1. The molecular formula is C19H23F3N4O2. The van der Waals surface area contributed by atoms with Gasteiger partial charge in [0, 0.05) is 25.7 Å². The van der Waals surface area contributed by atoms with Gasteiger partial charge < -0.3 is 10.0 Å². The van der Waals surface area contributed by atoms with Crippen LogP contribution in [0, 0.1) is 5.92 Å². The first-order valence-electron chi connectivity index (χ1n) is 9.75. The molecule has 1 saturated carbocycles. The van der Waals surface area contributed by atoms with Gasteiger partial charge in [0.25, 0.3) is 0 Å². The van der Waals surface area contributed by atoms with E-state index in [1.54, 1.807) is 4.68 Å². The van der Waals surface area contributed by atoms with Gasteiger partial charge in [-0.3, -0.25) is 9.48 Å². The summed E-state index contributed by atoms with van der Waals surface area (Å²) in [5.74, 6) is -0.513. The molecule has 0 radical (unpaired) electrons. The van der Waals surface area contributed by atoms with Gasteiger partial charge in [0.1, 0.15) is 5.82 Å². The molecule has 0 spiro atoms. The first kappa shape index (κ1) is 19.0. The lowest BCUT2D eigenvalue weighted by molar-refractivity contribution is -0.138. The third-order valence-corrected chi connectivity index (χ3v) is 5.90. The number of rotatable bonds is 4. The monoisotopic (exact) mass is 396 g/mol. The smallest absolute Gasteiger partial charge is 0.417 e. The van der Waals surface area contributed by atoms with Crippen molar-refractivity contribution in [1.82, 2.24) is 14.8 Å². The number of aliphatic carboxylic acids is 1. The topological polar surface area (TPSA) is 71.2 Å². The van der Waals surface area contributed by atoms with E-state index in [1.165, 1.54) is 6.20 Å². The lowest BCUT2D eigenvalue weighted by Crippen LogP contribution is -2.35. The quantitative estimate of drug-likeness (QED) is 0.836. The van der Waals surface area contributed by atoms with E-state index in [2.05, 4.69) is 10.1 Å². The van der Waals surface area contributed by atoms with E-state index in [0.29, 0.717) is 25.9 Å². The highest BCUT2D eigenvalue weighted by Crippen LogP contribution is 2.38. The summed E-state index contributed by atoms with van der Waals surface area (Å²) in [5.41, 5.74) is -0.575. The number of nitrogens with zero attached hydrogens (tertiary/aromatic N) is 4. The Kier molecular flexibility index (Phi) is 4.93. The van der Waals surface area contributed by atoms with Gasteiger partial charge in [-0.05, 0) is 37.7 Å². The number of aromatic nitrogens is 3. The van der Waals surface area contributed by atoms with Crippen LogP contribution in [-0.4, -0.2) is 38.9 Å². The standard InChI is InChI=1S/C19H23F3N4O2/c20-19(21,22)15-10-16(25-7-5-12(6-8-25)9-17(27)28)23-18-14(15)11-26(24-18)13-3-1-2-4-13/h10-13H,1-9H2,(H,27,28). The summed E-state index contributed by atoms with van der Waals surface area (Å²) in [6.07, 6.45) is 2.35. The summed E-state index contributed by atoms with van der Waals surface area (Å²) in [5, 5.41) is 13.3. The fourth-order valence-corrected chi connectivity index (χ4v) is 4.37. The van der Waals surface area contributed by atoms with Crippen LogP contribution in [0.15, 0.2) is 12.3 Å². The second-order valence-corrected chi connectivity index (χ2v) is 7.84. The van der Waals surface area contributed by atoms with E-state index in [1.807, 2.05) is 4.90 Å². The van der Waals surface area contributed by atoms with Gasteiger partial charge in [-0.25, -0.2) is 4.98 Å². The average molecular weight is 396 g/mol. The van der Waals surface area contributed by atoms with Crippen molar-refractivity contribution in [3.63, 3.8) is 0 Å². The van der Waals surface area contributed by atoms with E-state index in [9.17, 15) is 18.0 Å². The number of pyridine rings is 1. The molecular weight excluding hydrogens is 373 g/mol. The van der Waals surface area contributed by atoms with Gasteiger partial charge in [0.05, 0.1) is 17.0 Å². The highest BCUT2D eigenvalue weighted by Gasteiger charge is 2.36. The van der Waals surface area contributed by atoms with Crippen LogP contribution in [0.25, 0.3) is 11.0 Å². The van der Waals surface area contributed by atoms with Crippen LogP contribution < -0.4 is 4.90 Å². The molecule has 4 rings (SSSR count). The lowest BCUT2D eigenvalue weighted by Gasteiger charge is -2.32.